The molecule has 0 atom stereocenters. The molecule has 9 heteroatoms. The number of hydrogen-bond donors (Lipinski definition) is 0. The molecule has 1 aromatic heterocycles. The molecule has 0 radical (unpaired) electrons. The first kappa shape index (κ1) is 14.1. The Labute approximate surface area is 123 Å². The van der Waals surface area contributed by atoms with Crippen LogP contribution in [0.25, 0.3) is 11.0 Å². The number of hydrogen-bond acceptors (Lipinski definition) is 3. The van der Waals surface area contributed by atoms with E-state index in [0.29, 0.717) is 20.5 Å². The molecule has 0 saturated carbocycles. The van der Waals surface area contributed by atoms with Crippen LogP contribution in [0.3, 0.4) is 0 Å². The molecule has 98 valence electrons. The largest absolute Gasteiger partial charge is 0.309 e. The predicted molar refractivity (Wildman–Crippen MR) is 75.5 cm³/mol. The van der Waals surface area contributed by atoms with Gasteiger partial charge in [-0.05, 0) is 39.7 Å². The Morgan fingerprint density at radius 1 is 1.33 bits per heavy atom. The number of benzene rings is 1. The highest BCUT2D eigenvalue weighted by Gasteiger charge is 2.24. The molecule has 0 unspecified atom stereocenters. The van der Waals surface area contributed by atoms with Gasteiger partial charge in [-0.2, -0.15) is 16.7 Å². The molecular formula is C9H8BrCl2N3O2S. The van der Waals surface area contributed by atoms with Crippen molar-refractivity contribution < 1.29 is 8.42 Å². The van der Waals surface area contributed by atoms with Crippen LogP contribution in [-0.4, -0.2) is 35.8 Å². The van der Waals surface area contributed by atoms with Crippen LogP contribution in [0.15, 0.2) is 16.6 Å². The molecule has 0 spiro atoms. The highest BCUT2D eigenvalue weighted by molar-refractivity contribution is 9.10. The van der Waals surface area contributed by atoms with Crippen molar-refractivity contribution in [2.45, 2.75) is 0 Å². The van der Waals surface area contributed by atoms with Crippen LogP contribution < -0.4 is 0 Å². The van der Waals surface area contributed by atoms with Crippen molar-refractivity contribution in [3.63, 3.8) is 0 Å². The maximum atomic E-state index is 12.2. The summed E-state index contributed by atoms with van der Waals surface area (Å²) in [5.41, 5.74) is 0.767. The molecule has 1 heterocycles. The first-order valence-electron chi connectivity index (χ1n) is 4.71. The number of halogens is 3. The van der Waals surface area contributed by atoms with Gasteiger partial charge in [0.25, 0.3) is 0 Å². The molecular weight excluding hydrogens is 365 g/mol. The van der Waals surface area contributed by atoms with Crippen LogP contribution in [0.5, 0.6) is 0 Å². The molecule has 0 aliphatic rings. The summed E-state index contributed by atoms with van der Waals surface area (Å²) in [5, 5.41) is 0.253. The molecule has 0 fully saturated rings. The zero-order chi connectivity index (χ0) is 13.7. The summed E-state index contributed by atoms with van der Waals surface area (Å²) >= 11 is 15.1. The van der Waals surface area contributed by atoms with Gasteiger partial charge in [-0.15, -0.1) is 0 Å². The van der Waals surface area contributed by atoms with Gasteiger partial charge < -0.3 is 0 Å². The van der Waals surface area contributed by atoms with Gasteiger partial charge in [0.15, 0.2) is 0 Å². The Kier molecular flexibility index (Phi) is 3.63. The SMILES string of the molecule is CN(C)S(=O)(=O)n1c(Cl)nc2c(Br)cc(Cl)cc21. The zero-order valence-electron chi connectivity index (χ0n) is 9.35. The second-order valence-electron chi connectivity index (χ2n) is 3.69. The van der Waals surface area contributed by atoms with Crippen molar-refractivity contribution in [2.75, 3.05) is 14.1 Å². The van der Waals surface area contributed by atoms with Crippen molar-refractivity contribution in [1.29, 1.82) is 0 Å². The van der Waals surface area contributed by atoms with Crippen molar-refractivity contribution in [3.05, 3.63) is 26.9 Å². The summed E-state index contributed by atoms with van der Waals surface area (Å²) < 4.78 is 26.9. The lowest BCUT2D eigenvalue weighted by atomic mass is 10.3. The molecule has 2 aromatic rings. The smallest absolute Gasteiger partial charge is 0.216 e. The topological polar surface area (TPSA) is 55.2 Å². The van der Waals surface area contributed by atoms with Crippen molar-refractivity contribution in [1.82, 2.24) is 13.3 Å². The monoisotopic (exact) mass is 371 g/mol. The van der Waals surface area contributed by atoms with Gasteiger partial charge >= 0.3 is 10.2 Å². The van der Waals surface area contributed by atoms with E-state index >= 15 is 0 Å². The normalized spacial score (nSPS) is 12.6. The van der Waals surface area contributed by atoms with E-state index in [0.717, 1.165) is 8.28 Å². The molecule has 0 aliphatic carbocycles. The van der Waals surface area contributed by atoms with Crippen molar-refractivity contribution in [2.24, 2.45) is 0 Å². The predicted octanol–water partition coefficient (Wildman–Crippen LogP) is 2.76. The van der Waals surface area contributed by atoms with Crippen molar-refractivity contribution in [3.8, 4) is 0 Å². The Bertz CT molecular complexity index is 727. The van der Waals surface area contributed by atoms with E-state index in [1.54, 1.807) is 6.07 Å². The fourth-order valence-electron chi connectivity index (χ4n) is 1.44. The summed E-state index contributed by atoms with van der Waals surface area (Å²) in [4.78, 5) is 4.02. The standard InChI is InChI=1S/C9H8BrCl2N3O2S/c1-14(2)18(16,17)15-7-4-5(11)3-6(10)8(7)13-9(15)12/h3-4H,1-2H3. The second-order valence-corrected chi connectivity index (χ2v) is 7.31. The second kappa shape index (κ2) is 4.64. The Hall–Kier alpha value is -0.340. The number of imidazole rings is 1. The lowest BCUT2D eigenvalue weighted by Crippen LogP contribution is -2.28. The lowest BCUT2D eigenvalue weighted by molar-refractivity contribution is 0.512. The first-order valence-corrected chi connectivity index (χ1v) is 7.65. The molecule has 0 saturated heterocycles. The van der Waals surface area contributed by atoms with E-state index in [1.807, 2.05) is 0 Å². The summed E-state index contributed by atoms with van der Waals surface area (Å²) in [6.45, 7) is 0. The Morgan fingerprint density at radius 2 is 1.94 bits per heavy atom. The molecule has 5 nitrogen and oxygen atoms in total. The van der Waals surface area contributed by atoms with Crippen LogP contribution in [-0.2, 0) is 10.2 Å². The minimum Gasteiger partial charge on any atom is -0.216 e. The molecule has 2 rings (SSSR count). The molecule has 1 aromatic carbocycles. The fourth-order valence-corrected chi connectivity index (χ4v) is 3.70. The van der Waals surface area contributed by atoms with Gasteiger partial charge in [0, 0.05) is 23.6 Å². The van der Waals surface area contributed by atoms with E-state index in [-0.39, 0.29) is 5.28 Å². The minimum absolute atomic E-state index is 0.137. The maximum absolute atomic E-state index is 12.2. The van der Waals surface area contributed by atoms with Gasteiger partial charge in [-0.3, -0.25) is 0 Å². The average Bonchev–Trinajstić information content (AvgIpc) is 2.54. The van der Waals surface area contributed by atoms with Gasteiger partial charge in [0.05, 0.1) is 5.52 Å². The van der Waals surface area contributed by atoms with Crippen LogP contribution in [0.2, 0.25) is 10.3 Å². The van der Waals surface area contributed by atoms with Crippen LogP contribution in [0.1, 0.15) is 0 Å². The number of rotatable bonds is 2. The summed E-state index contributed by atoms with van der Waals surface area (Å²) in [7, 11) is -0.921. The first-order chi connectivity index (χ1) is 8.25. The Balaban J connectivity index is 2.92. The summed E-state index contributed by atoms with van der Waals surface area (Å²) in [6, 6.07) is 3.13. The summed E-state index contributed by atoms with van der Waals surface area (Å²) in [5.74, 6) is 0. The highest BCUT2D eigenvalue weighted by atomic mass is 79.9. The fraction of sp³-hybridized carbons (Fsp3) is 0.222. The van der Waals surface area contributed by atoms with Gasteiger partial charge in [-0.1, -0.05) is 11.6 Å². The van der Waals surface area contributed by atoms with Gasteiger partial charge in [-0.25, -0.2) is 4.98 Å². The third-order valence-corrected chi connectivity index (χ3v) is 5.22. The minimum atomic E-state index is -3.75. The van der Waals surface area contributed by atoms with E-state index in [1.165, 1.54) is 20.2 Å². The van der Waals surface area contributed by atoms with Crippen LogP contribution in [0.4, 0.5) is 0 Å². The Morgan fingerprint density at radius 3 is 2.50 bits per heavy atom. The molecule has 0 amide bonds. The molecule has 0 N–H and O–H groups in total. The maximum Gasteiger partial charge on any atom is 0.309 e. The molecule has 0 bridgehead atoms. The van der Waals surface area contributed by atoms with E-state index in [4.69, 9.17) is 23.2 Å². The average molecular weight is 373 g/mol. The van der Waals surface area contributed by atoms with E-state index in [2.05, 4.69) is 20.9 Å². The van der Waals surface area contributed by atoms with Crippen LogP contribution >= 0.6 is 39.1 Å². The quantitative estimate of drug-likeness (QED) is 0.814. The lowest BCUT2D eigenvalue weighted by Gasteiger charge is -2.13. The number of nitrogens with zero attached hydrogens (tertiary/aromatic N) is 3. The zero-order valence-corrected chi connectivity index (χ0v) is 13.3. The van der Waals surface area contributed by atoms with Crippen molar-refractivity contribution >= 4 is 60.4 Å². The van der Waals surface area contributed by atoms with E-state index < -0.39 is 10.2 Å². The highest BCUT2D eigenvalue weighted by Crippen LogP contribution is 2.31. The third-order valence-electron chi connectivity index (χ3n) is 2.29. The van der Waals surface area contributed by atoms with Gasteiger partial charge in [0.1, 0.15) is 5.52 Å². The number of aromatic nitrogens is 2. The molecule has 0 aliphatic heterocycles. The van der Waals surface area contributed by atoms with Crippen LogP contribution in [0, 0.1) is 0 Å². The molecule has 18 heavy (non-hydrogen) atoms. The number of fused-ring (bicyclic) bond motifs is 1. The third kappa shape index (κ3) is 2.14. The van der Waals surface area contributed by atoms with Gasteiger partial charge in [0.2, 0.25) is 5.28 Å². The van der Waals surface area contributed by atoms with E-state index in [9.17, 15) is 8.42 Å². The summed E-state index contributed by atoms with van der Waals surface area (Å²) in [6.07, 6.45) is 0.